The maximum Gasteiger partial charge on any atom is 0.253 e. The minimum atomic E-state index is -1.13. The van der Waals surface area contributed by atoms with E-state index in [1.165, 1.54) is 0 Å². The summed E-state index contributed by atoms with van der Waals surface area (Å²) in [6.45, 7) is 17.4. The van der Waals surface area contributed by atoms with Gasteiger partial charge >= 0.3 is 0 Å². The van der Waals surface area contributed by atoms with Gasteiger partial charge in [-0.25, -0.2) is 0 Å². The van der Waals surface area contributed by atoms with Crippen LogP contribution in [0.15, 0.2) is 49.6 Å². The van der Waals surface area contributed by atoms with Gasteiger partial charge in [-0.05, 0) is 70.2 Å². The number of unbranched alkanes of at least 4 members (excludes halogenated alkanes) is 2. The number of rotatable bonds is 17. The summed E-state index contributed by atoms with van der Waals surface area (Å²) in [5.74, 6) is -1.99. The Kier molecular flexibility index (Phi) is 11.7. The van der Waals surface area contributed by atoms with Crippen molar-refractivity contribution in [3.63, 3.8) is 0 Å². The number of likely N-dealkylation sites (tertiary alicyclic amines) is 1. The van der Waals surface area contributed by atoms with Crippen LogP contribution in [-0.4, -0.2) is 101 Å². The van der Waals surface area contributed by atoms with Crippen molar-refractivity contribution < 1.29 is 24.2 Å². The maximum absolute atomic E-state index is 14.8. The van der Waals surface area contributed by atoms with E-state index in [9.17, 15) is 19.5 Å². The molecule has 1 N–H and O–H groups in total. The van der Waals surface area contributed by atoms with Gasteiger partial charge in [-0.1, -0.05) is 35.0 Å². The number of anilines is 2. The lowest BCUT2D eigenvalue weighted by Gasteiger charge is -2.37. The second kappa shape index (κ2) is 15.1. The number of nitrogens with zero attached hydrogens (tertiary/aromatic N) is 4. The highest BCUT2D eigenvalue weighted by Gasteiger charge is 2.76. The fraction of sp³-hybridized carbons (Fsp3) is 0.618. The van der Waals surface area contributed by atoms with Crippen LogP contribution in [0.4, 0.5) is 11.4 Å². The number of fused-ring (bicyclic) bond motifs is 1. The van der Waals surface area contributed by atoms with Crippen LogP contribution in [0, 0.1) is 11.8 Å². The average molecular weight is 674 g/mol. The second-order valence-corrected chi connectivity index (χ2v) is 13.2. The van der Waals surface area contributed by atoms with Crippen LogP contribution >= 0.6 is 15.9 Å². The second-order valence-electron chi connectivity index (χ2n) is 12.0. The van der Waals surface area contributed by atoms with E-state index in [2.05, 4.69) is 47.8 Å². The minimum absolute atomic E-state index is 0.0721. The third-order valence-electron chi connectivity index (χ3n) is 9.39. The topological polar surface area (TPSA) is 93.6 Å². The molecule has 0 aliphatic carbocycles. The molecule has 1 aromatic carbocycles. The molecule has 3 amide bonds. The minimum Gasteiger partial charge on any atom is -0.396 e. The van der Waals surface area contributed by atoms with E-state index in [1.807, 2.05) is 31.2 Å². The molecule has 0 saturated carbocycles. The molecule has 3 aliphatic heterocycles. The number of benzene rings is 1. The summed E-state index contributed by atoms with van der Waals surface area (Å²) in [4.78, 5) is 50.5. The summed E-state index contributed by atoms with van der Waals surface area (Å²) < 4.78 is 6.74. The highest BCUT2D eigenvalue weighted by molar-refractivity contribution is 9.09. The Morgan fingerprint density at radius 2 is 1.70 bits per heavy atom. The number of hydrogen-bond donors (Lipinski definition) is 1. The van der Waals surface area contributed by atoms with Gasteiger partial charge in [0.25, 0.3) is 5.91 Å². The zero-order valence-electron chi connectivity index (χ0n) is 26.5. The highest BCUT2D eigenvalue weighted by Crippen LogP contribution is 2.60. The van der Waals surface area contributed by atoms with Gasteiger partial charge in [-0.3, -0.25) is 14.4 Å². The fourth-order valence-corrected chi connectivity index (χ4v) is 8.40. The summed E-state index contributed by atoms with van der Waals surface area (Å²) in [7, 11) is 0. The van der Waals surface area contributed by atoms with Crippen molar-refractivity contribution in [3.05, 3.63) is 49.6 Å². The number of halogens is 1. The number of carbonyl (C=O) groups is 3. The first-order valence-electron chi connectivity index (χ1n) is 16.1. The van der Waals surface area contributed by atoms with Crippen LogP contribution in [-0.2, 0) is 19.1 Å². The number of carbonyl (C=O) groups excluding carboxylic acids is 3. The third kappa shape index (κ3) is 6.22. The molecule has 9 nitrogen and oxygen atoms in total. The summed E-state index contributed by atoms with van der Waals surface area (Å²) in [5, 5.41) is 9.35. The lowest BCUT2D eigenvalue weighted by Crippen LogP contribution is -2.57. The molecule has 0 radical (unpaired) electrons. The normalized spacial score (nSPS) is 26.9. The van der Waals surface area contributed by atoms with Gasteiger partial charge in [0, 0.05) is 62.1 Å². The zero-order chi connectivity index (χ0) is 32.0. The van der Waals surface area contributed by atoms with Crippen LogP contribution in [0.5, 0.6) is 0 Å². The van der Waals surface area contributed by atoms with Gasteiger partial charge in [-0.15, -0.1) is 13.2 Å². The highest BCUT2D eigenvalue weighted by atomic mass is 79.9. The van der Waals surface area contributed by atoms with Gasteiger partial charge in [0.05, 0.1) is 17.9 Å². The monoisotopic (exact) mass is 672 g/mol. The van der Waals surface area contributed by atoms with Crippen molar-refractivity contribution in [2.45, 2.75) is 75.4 Å². The summed E-state index contributed by atoms with van der Waals surface area (Å²) in [6.07, 6.45) is 6.10. The summed E-state index contributed by atoms with van der Waals surface area (Å²) in [6, 6.07) is 7.02. The molecule has 3 unspecified atom stereocenters. The molecule has 3 heterocycles. The smallest absolute Gasteiger partial charge is 0.253 e. The molecule has 3 fully saturated rings. The van der Waals surface area contributed by atoms with E-state index in [1.54, 1.807) is 26.9 Å². The molecule has 6 atom stereocenters. The van der Waals surface area contributed by atoms with Gasteiger partial charge in [-0.2, -0.15) is 0 Å². The average Bonchev–Trinajstić information content (AvgIpc) is 3.61. The standard InChI is InChI=1S/C34H49BrN4O5/c1-6-18-37(19-7-2)31(41)27-28-32(42)39(21-12-11-13-22-40)30(34(28)23-26(35)29(27)44-34)33(43)38(20-8-3)25-16-14-24(15-17-25)36(9-4)10-5/h6,8,14-17,26-30,40H,1,3,7,9-13,18-23H2,2,4-5H3/t26?,27-,28-,29-,30?,34?/m0/s1. The van der Waals surface area contributed by atoms with Gasteiger partial charge in [0.15, 0.2) is 0 Å². The number of aliphatic hydroxyl groups is 1. The van der Waals surface area contributed by atoms with E-state index in [4.69, 9.17) is 4.74 Å². The van der Waals surface area contributed by atoms with Crippen LogP contribution < -0.4 is 9.80 Å². The van der Waals surface area contributed by atoms with Crippen molar-refractivity contribution in [1.29, 1.82) is 0 Å². The largest absolute Gasteiger partial charge is 0.396 e. The van der Waals surface area contributed by atoms with Crippen molar-refractivity contribution in [2.24, 2.45) is 11.8 Å². The lowest BCUT2D eigenvalue weighted by atomic mass is 9.70. The Morgan fingerprint density at radius 3 is 2.30 bits per heavy atom. The first-order valence-corrected chi connectivity index (χ1v) is 17.1. The number of amides is 3. The predicted molar refractivity (Wildman–Crippen MR) is 178 cm³/mol. The Labute approximate surface area is 271 Å². The number of alkyl halides is 1. The molecule has 4 rings (SSSR count). The quantitative estimate of drug-likeness (QED) is 0.150. The summed E-state index contributed by atoms with van der Waals surface area (Å²) in [5.41, 5.74) is 0.660. The van der Waals surface area contributed by atoms with Crippen molar-refractivity contribution in [2.75, 3.05) is 55.7 Å². The first kappa shape index (κ1) is 34.2. The van der Waals surface area contributed by atoms with Crippen molar-refractivity contribution >= 4 is 45.0 Å². The van der Waals surface area contributed by atoms with Gasteiger partial charge < -0.3 is 29.4 Å². The van der Waals surface area contributed by atoms with E-state index in [-0.39, 0.29) is 35.7 Å². The Balaban J connectivity index is 1.75. The maximum atomic E-state index is 14.8. The van der Waals surface area contributed by atoms with Crippen molar-refractivity contribution in [1.82, 2.24) is 9.80 Å². The number of ether oxygens (including phenoxy) is 1. The Hall–Kier alpha value is -2.69. The predicted octanol–water partition coefficient (Wildman–Crippen LogP) is 4.39. The number of hydrogen-bond acceptors (Lipinski definition) is 6. The molecule has 2 bridgehead atoms. The molecular weight excluding hydrogens is 624 g/mol. The lowest BCUT2D eigenvalue weighted by molar-refractivity contribution is -0.145. The molecule has 44 heavy (non-hydrogen) atoms. The fourth-order valence-electron chi connectivity index (χ4n) is 7.46. The van der Waals surface area contributed by atoms with E-state index in [0.29, 0.717) is 44.6 Å². The van der Waals surface area contributed by atoms with Crippen LogP contribution in [0.3, 0.4) is 0 Å². The molecule has 3 saturated heterocycles. The first-order chi connectivity index (χ1) is 21.2. The third-order valence-corrected chi connectivity index (χ3v) is 10.2. The van der Waals surface area contributed by atoms with Crippen LogP contribution in [0.2, 0.25) is 0 Å². The van der Waals surface area contributed by atoms with Crippen LogP contribution in [0.25, 0.3) is 0 Å². The van der Waals surface area contributed by atoms with Crippen LogP contribution in [0.1, 0.15) is 52.9 Å². The SMILES string of the molecule is C=CCN(CCC)C(=O)[C@H]1[C@H]2C(=O)N(CCCCCO)C(C(=O)N(CC=C)c3ccc(N(CC)CC)cc3)C23CC(Br)[C@@H]1O3. The molecule has 10 heteroatoms. The molecule has 1 spiro atoms. The molecule has 1 aromatic rings. The van der Waals surface area contributed by atoms with E-state index in [0.717, 1.165) is 31.6 Å². The molecular formula is C34H49BrN4O5. The summed E-state index contributed by atoms with van der Waals surface area (Å²) >= 11 is 3.78. The van der Waals surface area contributed by atoms with Crippen molar-refractivity contribution in [3.8, 4) is 0 Å². The van der Waals surface area contributed by atoms with E-state index >= 15 is 0 Å². The molecule has 0 aromatic heterocycles. The zero-order valence-corrected chi connectivity index (χ0v) is 28.1. The molecule has 3 aliphatic rings. The number of aliphatic hydroxyl groups excluding tert-OH is 1. The molecule has 242 valence electrons. The Morgan fingerprint density at radius 1 is 1.05 bits per heavy atom. The van der Waals surface area contributed by atoms with E-state index < -0.39 is 29.6 Å². The van der Waals surface area contributed by atoms with Gasteiger partial charge in [0.1, 0.15) is 11.6 Å². The Bertz CT molecular complexity index is 1190. The van der Waals surface area contributed by atoms with Gasteiger partial charge in [0.2, 0.25) is 11.8 Å².